The topological polar surface area (TPSA) is 32.3 Å². The van der Waals surface area contributed by atoms with Gasteiger partial charge in [0.2, 0.25) is 0 Å². The van der Waals surface area contributed by atoms with Crippen LogP contribution in [0.2, 0.25) is 5.02 Å². The molecule has 3 heteroatoms. The number of hydrogen-bond acceptors (Lipinski definition) is 2. The zero-order valence-electron chi connectivity index (χ0n) is 8.18. The summed E-state index contributed by atoms with van der Waals surface area (Å²) in [7, 11) is 0. The van der Waals surface area contributed by atoms with E-state index in [9.17, 15) is 5.11 Å². The van der Waals surface area contributed by atoms with E-state index >= 15 is 0 Å². The van der Waals surface area contributed by atoms with Crippen LogP contribution in [0.25, 0.3) is 0 Å². The number of phenols is 1. The van der Waals surface area contributed by atoms with Crippen LogP contribution < -0.4 is 5.32 Å². The third-order valence-corrected chi connectivity index (χ3v) is 3.26. The normalized spacial score (nSPS) is 21.4. The fourth-order valence-electron chi connectivity index (χ4n) is 1.86. The van der Waals surface area contributed by atoms with E-state index in [0.717, 1.165) is 30.6 Å². The smallest absolute Gasteiger partial charge is 0.120 e. The first-order valence-corrected chi connectivity index (χ1v) is 5.26. The van der Waals surface area contributed by atoms with Gasteiger partial charge in [0.15, 0.2) is 0 Å². The summed E-state index contributed by atoms with van der Waals surface area (Å²) in [5.74, 6) is 0.804. The maximum Gasteiger partial charge on any atom is 0.120 e. The Hall–Kier alpha value is -0.730. The zero-order valence-corrected chi connectivity index (χ0v) is 8.93. The molecule has 14 heavy (non-hydrogen) atoms. The largest absolute Gasteiger partial charge is 0.508 e. The molecule has 0 amide bonds. The number of hydrogen-bond donors (Lipinski definition) is 2. The molecule has 0 aliphatic carbocycles. The van der Waals surface area contributed by atoms with Crippen molar-refractivity contribution in [1.82, 2.24) is 5.32 Å². The molecular formula is C11H14ClNO. The molecule has 1 atom stereocenters. The molecule has 0 spiro atoms. The maximum atomic E-state index is 9.64. The molecule has 1 aromatic rings. The third kappa shape index (κ3) is 1.72. The summed E-state index contributed by atoms with van der Waals surface area (Å²) in [6.45, 7) is 3.87. The molecule has 0 saturated carbocycles. The average Bonchev–Trinajstić information content (AvgIpc) is 2.66. The van der Waals surface area contributed by atoms with E-state index in [2.05, 4.69) is 5.32 Å². The minimum Gasteiger partial charge on any atom is -0.508 e. The van der Waals surface area contributed by atoms with Crippen molar-refractivity contribution in [3.8, 4) is 5.75 Å². The van der Waals surface area contributed by atoms with Crippen molar-refractivity contribution < 1.29 is 5.11 Å². The van der Waals surface area contributed by atoms with Crippen molar-refractivity contribution in [3.63, 3.8) is 0 Å². The van der Waals surface area contributed by atoms with Crippen LogP contribution in [-0.4, -0.2) is 18.2 Å². The van der Waals surface area contributed by atoms with E-state index in [1.54, 1.807) is 0 Å². The van der Waals surface area contributed by atoms with Gasteiger partial charge in [0.05, 0.1) is 0 Å². The summed E-state index contributed by atoms with van der Waals surface area (Å²) < 4.78 is 0. The van der Waals surface area contributed by atoms with E-state index in [1.807, 2.05) is 19.1 Å². The van der Waals surface area contributed by atoms with Crippen LogP contribution in [0.3, 0.4) is 0 Å². The van der Waals surface area contributed by atoms with Crippen LogP contribution in [0, 0.1) is 6.92 Å². The predicted molar refractivity (Wildman–Crippen MR) is 58.1 cm³/mol. The quantitative estimate of drug-likeness (QED) is 0.748. The van der Waals surface area contributed by atoms with E-state index in [-0.39, 0.29) is 0 Å². The summed E-state index contributed by atoms with van der Waals surface area (Å²) in [5, 5.41) is 13.6. The number of aromatic hydroxyl groups is 1. The van der Waals surface area contributed by atoms with Gasteiger partial charge in [-0.15, -0.1) is 0 Å². The van der Waals surface area contributed by atoms with Gasteiger partial charge in [0.25, 0.3) is 0 Å². The predicted octanol–water partition coefficient (Wildman–Crippen LogP) is 2.43. The second kappa shape index (κ2) is 3.79. The van der Waals surface area contributed by atoms with E-state index < -0.39 is 0 Å². The first kappa shape index (κ1) is 9.81. The Bertz CT molecular complexity index is 322. The Kier molecular flexibility index (Phi) is 2.66. The number of rotatable bonds is 1. The molecule has 2 N–H and O–H groups in total. The first-order chi connectivity index (χ1) is 6.68. The van der Waals surface area contributed by atoms with Crippen molar-refractivity contribution in [2.75, 3.05) is 13.1 Å². The van der Waals surface area contributed by atoms with Gasteiger partial charge in [-0.25, -0.2) is 0 Å². The van der Waals surface area contributed by atoms with Gasteiger partial charge in [-0.05, 0) is 43.5 Å². The summed E-state index contributed by atoms with van der Waals surface area (Å²) in [4.78, 5) is 0. The number of phenolic OH excluding ortho intramolecular Hbond substituents is 1. The molecule has 0 aromatic heterocycles. The van der Waals surface area contributed by atoms with Gasteiger partial charge in [-0.3, -0.25) is 0 Å². The molecule has 0 bridgehead atoms. The van der Waals surface area contributed by atoms with Crippen LogP contribution in [-0.2, 0) is 0 Å². The summed E-state index contributed by atoms with van der Waals surface area (Å²) in [5.41, 5.74) is 1.91. The van der Waals surface area contributed by atoms with Crippen molar-refractivity contribution in [2.24, 2.45) is 0 Å². The zero-order chi connectivity index (χ0) is 10.1. The highest BCUT2D eigenvalue weighted by atomic mass is 35.5. The maximum absolute atomic E-state index is 9.64. The van der Waals surface area contributed by atoms with Gasteiger partial charge in [-0.1, -0.05) is 11.6 Å². The van der Waals surface area contributed by atoms with Crippen molar-refractivity contribution in [2.45, 2.75) is 19.3 Å². The Labute approximate surface area is 88.9 Å². The van der Waals surface area contributed by atoms with Gasteiger partial charge >= 0.3 is 0 Å². The molecule has 0 radical (unpaired) electrons. The standard InChI is InChI=1S/C11H14ClNO/c1-7-10(12)4-9(5-11(7)14)8-2-3-13-6-8/h4-5,8,13-14H,2-3,6H2,1H3. The molecule has 1 aliphatic rings. The Morgan fingerprint density at radius 3 is 2.86 bits per heavy atom. The molecule has 1 aliphatic heterocycles. The summed E-state index contributed by atoms with van der Waals surface area (Å²) >= 11 is 6.02. The first-order valence-electron chi connectivity index (χ1n) is 4.88. The minimum absolute atomic E-state index is 0.305. The van der Waals surface area contributed by atoms with Crippen LogP contribution in [0.1, 0.15) is 23.5 Å². The third-order valence-electron chi connectivity index (χ3n) is 2.87. The molecular weight excluding hydrogens is 198 g/mol. The molecule has 2 nitrogen and oxygen atoms in total. The number of halogens is 1. The molecule has 1 fully saturated rings. The summed E-state index contributed by atoms with van der Waals surface area (Å²) in [6, 6.07) is 3.80. The van der Waals surface area contributed by atoms with E-state index in [4.69, 9.17) is 11.6 Å². The van der Waals surface area contributed by atoms with Crippen molar-refractivity contribution in [3.05, 3.63) is 28.3 Å². The van der Waals surface area contributed by atoms with Crippen LogP contribution in [0.15, 0.2) is 12.1 Å². The lowest BCUT2D eigenvalue weighted by atomic mass is 9.97. The second-order valence-electron chi connectivity index (χ2n) is 3.84. The number of nitrogens with one attached hydrogen (secondary N) is 1. The highest BCUT2D eigenvalue weighted by Gasteiger charge is 2.18. The average molecular weight is 212 g/mol. The van der Waals surface area contributed by atoms with Crippen LogP contribution in [0.5, 0.6) is 5.75 Å². The van der Waals surface area contributed by atoms with Gasteiger partial charge in [-0.2, -0.15) is 0 Å². The lowest BCUT2D eigenvalue weighted by molar-refractivity contribution is 0.469. The Morgan fingerprint density at radius 2 is 2.29 bits per heavy atom. The monoisotopic (exact) mass is 211 g/mol. The van der Waals surface area contributed by atoms with E-state index in [1.165, 1.54) is 0 Å². The second-order valence-corrected chi connectivity index (χ2v) is 4.24. The molecule has 76 valence electrons. The van der Waals surface area contributed by atoms with Gasteiger partial charge in [0, 0.05) is 17.1 Å². The molecule has 1 aromatic carbocycles. The molecule has 1 heterocycles. The fraction of sp³-hybridized carbons (Fsp3) is 0.455. The van der Waals surface area contributed by atoms with Crippen molar-refractivity contribution >= 4 is 11.6 Å². The van der Waals surface area contributed by atoms with Crippen LogP contribution >= 0.6 is 11.6 Å². The molecule has 2 rings (SSSR count). The highest BCUT2D eigenvalue weighted by molar-refractivity contribution is 6.31. The summed E-state index contributed by atoms with van der Waals surface area (Å²) in [6.07, 6.45) is 1.12. The van der Waals surface area contributed by atoms with Crippen molar-refractivity contribution in [1.29, 1.82) is 0 Å². The van der Waals surface area contributed by atoms with Gasteiger partial charge in [0.1, 0.15) is 5.75 Å². The molecule has 1 saturated heterocycles. The SMILES string of the molecule is Cc1c(O)cc(C2CCNC2)cc1Cl. The van der Waals surface area contributed by atoms with E-state index in [0.29, 0.717) is 16.7 Å². The highest BCUT2D eigenvalue weighted by Crippen LogP contribution is 2.32. The Morgan fingerprint density at radius 1 is 1.50 bits per heavy atom. The lowest BCUT2D eigenvalue weighted by Crippen LogP contribution is -2.07. The number of benzene rings is 1. The minimum atomic E-state index is 0.305. The molecule has 1 unspecified atom stereocenters. The Balaban J connectivity index is 2.34. The van der Waals surface area contributed by atoms with Gasteiger partial charge < -0.3 is 10.4 Å². The van der Waals surface area contributed by atoms with Crippen LogP contribution in [0.4, 0.5) is 0 Å². The fourth-order valence-corrected chi connectivity index (χ4v) is 2.08. The lowest BCUT2D eigenvalue weighted by Gasteiger charge is -2.11.